The molecule has 2 saturated carbocycles. The molecule has 0 aromatic carbocycles. The maximum absolute atomic E-state index is 10.6. The molecule has 0 heterocycles. The first-order valence-corrected chi connectivity index (χ1v) is 6.02. The lowest BCUT2D eigenvalue weighted by molar-refractivity contribution is -0.105. The number of hydrogen-bond donors (Lipinski definition) is 0. The summed E-state index contributed by atoms with van der Waals surface area (Å²) in [6, 6.07) is 0. The first kappa shape index (κ1) is 10.2. The molecular formula is C12H17ClO. The van der Waals surface area contributed by atoms with Gasteiger partial charge < -0.3 is 0 Å². The number of carbonyl (C=O) groups is 1. The average Bonchev–Trinajstić information content (AvgIpc) is 2.05. The molecule has 1 nitrogen and oxygen atoms in total. The minimum atomic E-state index is 0.468. The van der Waals surface area contributed by atoms with Gasteiger partial charge in [-0.15, -0.1) is 0 Å². The summed E-state index contributed by atoms with van der Waals surface area (Å²) >= 11 is 5.57. The van der Waals surface area contributed by atoms with E-state index in [0.717, 1.165) is 23.7 Å². The summed E-state index contributed by atoms with van der Waals surface area (Å²) in [5.74, 6) is 2.34. The average molecular weight is 213 g/mol. The van der Waals surface area contributed by atoms with Crippen LogP contribution in [0.3, 0.4) is 0 Å². The van der Waals surface area contributed by atoms with Gasteiger partial charge in [0.05, 0.1) is 0 Å². The molecule has 0 aliphatic heterocycles. The molecule has 2 rings (SSSR count). The number of carbonyl (C=O) groups excluding carboxylic acids is 1. The van der Waals surface area contributed by atoms with E-state index in [1.165, 1.54) is 44.1 Å². The third-order valence-corrected chi connectivity index (χ3v) is 4.11. The van der Waals surface area contributed by atoms with Crippen LogP contribution in [0.4, 0.5) is 0 Å². The molecule has 0 aromatic rings. The highest BCUT2D eigenvalue weighted by Gasteiger charge is 2.34. The highest BCUT2D eigenvalue weighted by Crippen LogP contribution is 2.45. The van der Waals surface area contributed by atoms with Gasteiger partial charge in [-0.25, -0.2) is 0 Å². The first-order chi connectivity index (χ1) is 6.83. The van der Waals surface area contributed by atoms with Crippen molar-refractivity contribution in [1.29, 1.82) is 0 Å². The monoisotopic (exact) mass is 212 g/mol. The minimum Gasteiger partial charge on any atom is -0.298 e. The van der Waals surface area contributed by atoms with Crippen LogP contribution in [0.1, 0.15) is 38.5 Å². The number of rotatable bonds is 4. The van der Waals surface area contributed by atoms with Crippen molar-refractivity contribution >= 4 is 17.9 Å². The van der Waals surface area contributed by atoms with Crippen molar-refractivity contribution in [3.63, 3.8) is 0 Å². The van der Waals surface area contributed by atoms with Crippen LogP contribution in [0.15, 0.2) is 11.1 Å². The summed E-state index contributed by atoms with van der Waals surface area (Å²) in [6.45, 7) is 0. The van der Waals surface area contributed by atoms with E-state index in [-0.39, 0.29) is 0 Å². The van der Waals surface area contributed by atoms with Crippen molar-refractivity contribution in [2.45, 2.75) is 38.5 Å². The van der Waals surface area contributed by atoms with Gasteiger partial charge in [0.15, 0.2) is 0 Å². The Bertz CT molecular complexity index is 237. The van der Waals surface area contributed by atoms with Gasteiger partial charge >= 0.3 is 0 Å². The lowest BCUT2D eigenvalue weighted by Gasteiger charge is -2.39. The Kier molecular flexibility index (Phi) is 3.27. The second-order valence-corrected chi connectivity index (χ2v) is 5.01. The summed E-state index contributed by atoms with van der Waals surface area (Å²) in [7, 11) is 0. The lowest BCUT2D eigenvalue weighted by Crippen LogP contribution is -2.29. The number of hydrogen-bond acceptors (Lipinski definition) is 1. The van der Waals surface area contributed by atoms with Crippen molar-refractivity contribution in [3.05, 3.63) is 11.1 Å². The fourth-order valence-electron chi connectivity index (χ4n) is 2.61. The minimum absolute atomic E-state index is 0.468. The molecule has 0 unspecified atom stereocenters. The number of aldehydes is 1. The molecule has 2 heteroatoms. The topological polar surface area (TPSA) is 17.1 Å². The van der Waals surface area contributed by atoms with Crippen molar-refractivity contribution in [2.75, 3.05) is 0 Å². The van der Waals surface area contributed by atoms with E-state index in [9.17, 15) is 4.79 Å². The van der Waals surface area contributed by atoms with Gasteiger partial charge in [0, 0.05) is 11.1 Å². The zero-order valence-electron chi connectivity index (χ0n) is 8.42. The van der Waals surface area contributed by atoms with Crippen molar-refractivity contribution in [2.24, 2.45) is 17.8 Å². The van der Waals surface area contributed by atoms with Gasteiger partial charge in [0.25, 0.3) is 0 Å². The van der Waals surface area contributed by atoms with Gasteiger partial charge in [-0.2, -0.15) is 0 Å². The summed E-state index contributed by atoms with van der Waals surface area (Å²) in [4.78, 5) is 10.6. The Morgan fingerprint density at radius 1 is 1.29 bits per heavy atom. The summed E-state index contributed by atoms with van der Waals surface area (Å²) < 4.78 is 0. The lowest BCUT2D eigenvalue weighted by atomic mass is 9.66. The van der Waals surface area contributed by atoms with Crippen LogP contribution in [-0.2, 0) is 4.79 Å². The van der Waals surface area contributed by atoms with Crippen LogP contribution in [0, 0.1) is 17.8 Å². The largest absolute Gasteiger partial charge is 0.298 e. The van der Waals surface area contributed by atoms with Crippen molar-refractivity contribution in [3.8, 4) is 0 Å². The van der Waals surface area contributed by atoms with Crippen LogP contribution >= 0.6 is 11.6 Å². The second-order valence-electron chi connectivity index (χ2n) is 4.79. The van der Waals surface area contributed by atoms with E-state index in [0.29, 0.717) is 5.92 Å². The summed E-state index contributed by atoms with van der Waals surface area (Å²) in [5.41, 5.74) is 2.26. The van der Waals surface area contributed by atoms with Crippen molar-refractivity contribution < 1.29 is 4.79 Å². The quantitative estimate of drug-likeness (QED) is 0.515. The zero-order valence-corrected chi connectivity index (χ0v) is 9.17. The van der Waals surface area contributed by atoms with E-state index in [1.54, 1.807) is 0 Å². The maximum atomic E-state index is 10.6. The first-order valence-electron chi connectivity index (χ1n) is 5.59. The molecule has 0 radical (unpaired) electrons. The fraction of sp³-hybridized carbons (Fsp3) is 0.750. The molecule has 0 saturated heterocycles. The SMILES string of the molecule is O=CC(=CCl)C1CC(CC2CCC2)C1. The molecule has 0 aromatic heterocycles. The van der Waals surface area contributed by atoms with Crippen LogP contribution in [-0.4, -0.2) is 6.29 Å². The smallest absolute Gasteiger partial charge is 0.147 e. The predicted octanol–water partition coefficient (Wildman–Crippen LogP) is 3.52. The van der Waals surface area contributed by atoms with E-state index < -0.39 is 0 Å². The molecule has 2 fully saturated rings. The van der Waals surface area contributed by atoms with Gasteiger partial charge in [-0.3, -0.25) is 4.79 Å². The number of allylic oxidation sites excluding steroid dienone is 1. The Labute approximate surface area is 90.5 Å². The predicted molar refractivity (Wildman–Crippen MR) is 58.2 cm³/mol. The van der Waals surface area contributed by atoms with Gasteiger partial charge in [-0.1, -0.05) is 30.9 Å². The van der Waals surface area contributed by atoms with Gasteiger partial charge in [-0.05, 0) is 37.0 Å². The maximum Gasteiger partial charge on any atom is 0.147 e. The van der Waals surface area contributed by atoms with E-state index >= 15 is 0 Å². The highest BCUT2D eigenvalue weighted by molar-refractivity contribution is 6.26. The molecule has 0 bridgehead atoms. The summed E-state index contributed by atoms with van der Waals surface area (Å²) in [6.07, 6.45) is 8.99. The molecule has 0 atom stereocenters. The Morgan fingerprint density at radius 2 is 2.00 bits per heavy atom. The molecule has 14 heavy (non-hydrogen) atoms. The molecule has 2 aliphatic carbocycles. The molecule has 0 N–H and O–H groups in total. The molecule has 2 aliphatic rings. The Hall–Kier alpha value is -0.300. The molecule has 0 spiro atoms. The normalized spacial score (nSPS) is 33.4. The molecular weight excluding hydrogens is 196 g/mol. The van der Waals surface area contributed by atoms with Gasteiger partial charge in [0.1, 0.15) is 6.29 Å². The third-order valence-electron chi connectivity index (χ3n) is 3.86. The van der Waals surface area contributed by atoms with Crippen LogP contribution in [0.5, 0.6) is 0 Å². The Morgan fingerprint density at radius 3 is 2.43 bits per heavy atom. The van der Waals surface area contributed by atoms with Crippen LogP contribution in [0.2, 0.25) is 0 Å². The molecule has 78 valence electrons. The Balaban J connectivity index is 1.70. The summed E-state index contributed by atoms with van der Waals surface area (Å²) in [5, 5.41) is 0. The fourth-order valence-corrected chi connectivity index (χ4v) is 2.84. The van der Waals surface area contributed by atoms with E-state index in [4.69, 9.17) is 11.6 Å². The second kappa shape index (κ2) is 4.48. The van der Waals surface area contributed by atoms with E-state index in [1.807, 2.05) is 0 Å². The van der Waals surface area contributed by atoms with E-state index in [2.05, 4.69) is 0 Å². The van der Waals surface area contributed by atoms with Crippen LogP contribution in [0.25, 0.3) is 0 Å². The number of halogens is 1. The van der Waals surface area contributed by atoms with Crippen molar-refractivity contribution in [1.82, 2.24) is 0 Å². The highest BCUT2D eigenvalue weighted by atomic mass is 35.5. The van der Waals surface area contributed by atoms with Gasteiger partial charge in [0.2, 0.25) is 0 Å². The van der Waals surface area contributed by atoms with Crippen LogP contribution < -0.4 is 0 Å². The molecule has 0 amide bonds. The third kappa shape index (κ3) is 2.03. The standard InChI is InChI=1S/C12H17ClO/c13-7-12(8-14)11-5-10(6-11)4-9-2-1-3-9/h7-11H,1-6H2. The zero-order chi connectivity index (χ0) is 9.97.